The zero-order valence-corrected chi connectivity index (χ0v) is 19.3. The standard InChI is InChI=1S/C26H27N3O4S/c27-25(34)29-22-12-6-5-11-20(22)24(31)23(30)13-14-28-26(32)33-15-21-18-9-3-1-7-16(18)17-8-2-4-10-19(17)21/h1-12,21,23-24,30-31H,13-15H2,(H,28,32)(H3,27,29,34). The molecule has 176 valence electrons. The monoisotopic (exact) mass is 477 g/mol. The van der Waals surface area contributed by atoms with Gasteiger partial charge in [0, 0.05) is 23.7 Å². The van der Waals surface area contributed by atoms with Gasteiger partial charge < -0.3 is 31.3 Å². The molecule has 0 spiro atoms. The molecule has 0 saturated heterocycles. The zero-order valence-electron chi connectivity index (χ0n) is 18.5. The Bertz CT molecular complexity index is 1140. The topological polar surface area (TPSA) is 117 Å². The minimum atomic E-state index is -1.18. The largest absolute Gasteiger partial charge is 0.449 e. The molecule has 2 unspecified atom stereocenters. The third kappa shape index (κ3) is 5.20. The number of anilines is 1. The van der Waals surface area contributed by atoms with Crippen molar-refractivity contribution in [2.75, 3.05) is 18.5 Å². The smallest absolute Gasteiger partial charge is 0.407 e. The molecule has 3 aromatic rings. The Morgan fingerprint density at radius 1 is 0.971 bits per heavy atom. The van der Waals surface area contributed by atoms with Crippen LogP contribution in [-0.2, 0) is 4.74 Å². The number of amides is 1. The minimum absolute atomic E-state index is 0.0248. The fraction of sp³-hybridized carbons (Fsp3) is 0.231. The maximum atomic E-state index is 12.3. The number of alkyl carbamates (subject to hydrolysis) is 1. The van der Waals surface area contributed by atoms with Crippen LogP contribution in [0.25, 0.3) is 11.1 Å². The summed E-state index contributed by atoms with van der Waals surface area (Å²) in [4.78, 5) is 12.3. The summed E-state index contributed by atoms with van der Waals surface area (Å²) in [6.45, 7) is 0.350. The second-order valence-electron chi connectivity index (χ2n) is 8.13. The van der Waals surface area contributed by atoms with Crippen LogP contribution in [0.1, 0.15) is 35.1 Å². The third-order valence-corrected chi connectivity index (χ3v) is 6.06. The Labute approximate surface area is 203 Å². The number of thiocarbonyl (C=S) groups is 1. The molecule has 0 aromatic heterocycles. The van der Waals surface area contributed by atoms with Crippen LogP contribution in [0.3, 0.4) is 0 Å². The number of aliphatic hydroxyl groups is 2. The molecule has 34 heavy (non-hydrogen) atoms. The Morgan fingerprint density at radius 3 is 2.21 bits per heavy atom. The molecule has 0 aliphatic heterocycles. The number of carbonyl (C=O) groups excluding carboxylic acids is 1. The van der Waals surface area contributed by atoms with Gasteiger partial charge in [0.05, 0.1) is 6.10 Å². The highest BCUT2D eigenvalue weighted by Gasteiger charge is 2.29. The van der Waals surface area contributed by atoms with Gasteiger partial charge in [0.2, 0.25) is 0 Å². The molecule has 7 nitrogen and oxygen atoms in total. The van der Waals surface area contributed by atoms with Gasteiger partial charge in [0.25, 0.3) is 0 Å². The van der Waals surface area contributed by atoms with Crippen molar-refractivity contribution in [2.24, 2.45) is 5.73 Å². The van der Waals surface area contributed by atoms with Crippen molar-refractivity contribution in [3.8, 4) is 11.1 Å². The summed E-state index contributed by atoms with van der Waals surface area (Å²) in [6.07, 6.45) is -2.73. The molecular weight excluding hydrogens is 450 g/mol. The van der Waals surface area contributed by atoms with Gasteiger partial charge in [0.1, 0.15) is 12.7 Å². The maximum absolute atomic E-state index is 12.3. The average molecular weight is 478 g/mol. The lowest BCUT2D eigenvalue weighted by atomic mass is 9.98. The van der Waals surface area contributed by atoms with Crippen molar-refractivity contribution >= 4 is 29.1 Å². The van der Waals surface area contributed by atoms with Crippen LogP contribution in [0.2, 0.25) is 0 Å². The highest BCUT2D eigenvalue weighted by atomic mass is 32.1. The fourth-order valence-corrected chi connectivity index (χ4v) is 4.45. The van der Waals surface area contributed by atoms with E-state index in [0.29, 0.717) is 11.3 Å². The molecule has 8 heteroatoms. The molecule has 0 saturated carbocycles. The first-order valence-corrected chi connectivity index (χ1v) is 11.5. The van der Waals surface area contributed by atoms with Crippen molar-refractivity contribution in [3.05, 3.63) is 89.5 Å². The predicted octanol–water partition coefficient (Wildman–Crippen LogP) is 3.67. The summed E-state index contributed by atoms with van der Waals surface area (Å²) in [5, 5.41) is 26.5. The molecule has 1 aliphatic rings. The Morgan fingerprint density at radius 2 is 1.56 bits per heavy atom. The van der Waals surface area contributed by atoms with E-state index in [0.717, 1.165) is 22.3 Å². The number of carbonyl (C=O) groups is 1. The molecular formula is C26H27N3O4S. The van der Waals surface area contributed by atoms with E-state index in [2.05, 4.69) is 34.9 Å². The number of nitrogens with one attached hydrogen (secondary N) is 2. The van der Waals surface area contributed by atoms with Crippen LogP contribution in [-0.4, -0.2) is 40.7 Å². The number of aliphatic hydroxyl groups excluding tert-OH is 2. The van der Waals surface area contributed by atoms with Gasteiger partial charge in [-0.2, -0.15) is 0 Å². The summed E-state index contributed by atoms with van der Waals surface area (Å²) in [6, 6.07) is 23.1. The molecule has 0 bridgehead atoms. The van der Waals surface area contributed by atoms with Gasteiger partial charge in [-0.15, -0.1) is 0 Å². The van der Waals surface area contributed by atoms with Crippen molar-refractivity contribution in [1.82, 2.24) is 5.32 Å². The minimum Gasteiger partial charge on any atom is -0.449 e. The lowest BCUT2D eigenvalue weighted by Gasteiger charge is -2.21. The first kappa shape index (κ1) is 23.7. The average Bonchev–Trinajstić information content (AvgIpc) is 3.16. The Hall–Kier alpha value is -3.46. The molecule has 1 aliphatic carbocycles. The van der Waals surface area contributed by atoms with E-state index in [1.807, 2.05) is 24.3 Å². The van der Waals surface area contributed by atoms with Crippen molar-refractivity contribution < 1.29 is 19.7 Å². The molecule has 0 radical (unpaired) electrons. The second kappa shape index (κ2) is 10.6. The molecule has 3 aromatic carbocycles. The van der Waals surface area contributed by atoms with Crippen LogP contribution in [0, 0.1) is 0 Å². The van der Waals surface area contributed by atoms with Crippen LogP contribution in [0.15, 0.2) is 72.8 Å². The van der Waals surface area contributed by atoms with Crippen molar-refractivity contribution in [2.45, 2.75) is 24.5 Å². The van der Waals surface area contributed by atoms with Crippen LogP contribution in [0.5, 0.6) is 0 Å². The van der Waals surface area contributed by atoms with Crippen LogP contribution < -0.4 is 16.4 Å². The van der Waals surface area contributed by atoms with E-state index in [-0.39, 0.29) is 30.6 Å². The second-order valence-corrected chi connectivity index (χ2v) is 8.57. The van der Waals surface area contributed by atoms with Gasteiger partial charge >= 0.3 is 6.09 Å². The summed E-state index contributed by atoms with van der Waals surface area (Å²) in [5.74, 6) is -0.0248. The first-order chi connectivity index (χ1) is 16.5. The van der Waals surface area contributed by atoms with Gasteiger partial charge in [-0.25, -0.2) is 4.79 Å². The summed E-state index contributed by atoms with van der Waals surface area (Å²) >= 11 is 4.86. The number of nitrogens with two attached hydrogens (primary N) is 1. The highest BCUT2D eigenvalue weighted by molar-refractivity contribution is 7.80. The normalized spacial score (nSPS) is 13.9. The first-order valence-electron chi connectivity index (χ1n) is 11.1. The van der Waals surface area contributed by atoms with Gasteiger partial charge in [-0.1, -0.05) is 66.7 Å². The van der Waals surface area contributed by atoms with Crippen LogP contribution >= 0.6 is 12.2 Å². The zero-order chi connectivity index (χ0) is 24.1. The number of rotatable bonds is 8. The number of hydrogen-bond acceptors (Lipinski definition) is 5. The van der Waals surface area contributed by atoms with E-state index in [1.54, 1.807) is 24.3 Å². The SMILES string of the molecule is NC(=S)Nc1ccccc1C(O)C(O)CCNC(=O)OCC1c2ccccc2-c2ccccc21. The number of hydrogen-bond donors (Lipinski definition) is 5. The maximum Gasteiger partial charge on any atom is 0.407 e. The van der Waals surface area contributed by atoms with E-state index in [1.165, 1.54) is 0 Å². The molecule has 6 N–H and O–H groups in total. The molecule has 0 heterocycles. The Kier molecular flexibility index (Phi) is 7.42. The van der Waals surface area contributed by atoms with Crippen molar-refractivity contribution in [3.63, 3.8) is 0 Å². The quantitative estimate of drug-likeness (QED) is 0.314. The number of ether oxygens (including phenoxy) is 1. The molecule has 1 amide bonds. The summed E-state index contributed by atoms with van der Waals surface area (Å²) in [5.41, 5.74) is 11.1. The molecule has 0 fully saturated rings. The van der Waals surface area contributed by atoms with E-state index in [4.69, 9.17) is 22.7 Å². The number of benzene rings is 3. The highest BCUT2D eigenvalue weighted by Crippen LogP contribution is 2.44. The van der Waals surface area contributed by atoms with E-state index < -0.39 is 18.3 Å². The van der Waals surface area contributed by atoms with E-state index in [9.17, 15) is 15.0 Å². The van der Waals surface area contributed by atoms with Gasteiger partial charge in [-0.05, 0) is 47.0 Å². The van der Waals surface area contributed by atoms with Gasteiger partial charge in [-0.3, -0.25) is 0 Å². The number of fused-ring (bicyclic) bond motifs is 3. The number of para-hydroxylation sites is 1. The van der Waals surface area contributed by atoms with Crippen LogP contribution in [0.4, 0.5) is 10.5 Å². The van der Waals surface area contributed by atoms with Gasteiger partial charge in [0.15, 0.2) is 5.11 Å². The lowest BCUT2D eigenvalue weighted by molar-refractivity contribution is 0.0141. The molecule has 2 atom stereocenters. The molecule has 4 rings (SSSR count). The third-order valence-electron chi connectivity index (χ3n) is 5.95. The van der Waals surface area contributed by atoms with Crippen molar-refractivity contribution in [1.29, 1.82) is 0 Å². The summed E-state index contributed by atoms with van der Waals surface area (Å²) < 4.78 is 5.50. The summed E-state index contributed by atoms with van der Waals surface area (Å²) in [7, 11) is 0. The predicted molar refractivity (Wildman–Crippen MR) is 136 cm³/mol. The lowest BCUT2D eigenvalue weighted by Crippen LogP contribution is -2.31. The Balaban J connectivity index is 1.29. The van der Waals surface area contributed by atoms with E-state index >= 15 is 0 Å². The fourth-order valence-electron chi connectivity index (χ4n) is 4.34.